The molecular formula is C21H28BN3O5. The van der Waals surface area contributed by atoms with Crippen molar-refractivity contribution in [1.82, 2.24) is 14.9 Å². The molecule has 2 fully saturated rings. The first-order valence-electron chi connectivity index (χ1n) is 10.4. The van der Waals surface area contributed by atoms with Crippen molar-refractivity contribution < 1.29 is 18.8 Å². The van der Waals surface area contributed by atoms with E-state index in [1.54, 1.807) is 25.4 Å². The van der Waals surface area contributed by atoms with Gasteiger partial charge < -0.3 is 23.9 Å². The SMILES string of the molecule is CCOC(=O)c1cn(C2CCNC2)c2ncc(B3OC(C)(C)C(C)(C)O3)cc2c1=O. The summed E-state index contributed by atoms with van der Waals surface area (Å²) >= 11 is 0. The van der Waals surface area contributed by atoms with Crippen LogP contribution < -0.4 is 16.2 Å². The van der Waals surface area contributed by atoms with Gasteiger partial charge in [0.25, 0.3) is 0 Å². The summed E-state index contributed by atoms with van der Waals surface area (Å²) in [7, 11) is -0.640. The fourth-order valence-electron chi connectivity index (χ4n) is 3.87. The third-order valence-corrected chi connectivity index (χ3v) is 6.34. The highest BCUT2D eigenvalue weighted by molar-refractivity contribution is 6.62. The quantitative estimate of drug-likeness (QED) is 0.599. The minimum atomic E-state index is -0.640. The Hall–Kier alpha value is -2.23. The van der Waals surface area contributed by atoms with Gasteiger partial charge in [-0.3, -0.25) is 4.79 Å². The van der Waals surface area contributed by atoms with Gasteiger partial charge in [0, 0.05) is 30.4 Å². The van der Waals surface area contributed by atoms with Crippen molar-refractivity contribution in [2.24, 2.45) is 0 Å². The molecule has 0 aliphatic carbocycles. The van der Waals surface area contributed by atoms with Crippen LogP contribution in [0.25, 0.3) is 11.0 Å². The third kappa shape index (κ3) is 3.44. The maximum atomic E-state index is 13.2. The summed E-state index contributed by atoms with van der Waals surface area (Å²) in [5, 5.41) is 3.68. The Bertz CT molecular complexity index is 1030. The summed E-state index contributed by atoms with van der Waals surface area (Å²) in [6.45, 7) is 11.4. The number of fused-ring (bicyclic) bond motifs is 1. The molecule has 2 saturated heterocycles. The van der Waals surface area contributed by atoms with Crippen LogP contribution in [0.4, 0.5) is 0 Å². The molecule has 1 atom stereocenters. The van der Waals surface area contributed by atoms with Gasteiger partial charge in [-0.1, -0.05) is 0 Å². The Balaban J connectivity index is 1.85. The van der Waals surface area contributed by atoms with Crippen LogP contribution in [0.1, 0.15) is 57.4 Å². The fraction of sp³-hybridized carbons (Fsp3) is 0.571. The zero-order valence-electron chi connectivity index (χ0n) is 18.2. The van der Waals surface area contributed by atoms with Gasteiger partial charge in [-0.15, -0.1) is 0 Å². The highest BCUT2D eigenvalue weighted by Gasteiger charge is 2.52. The van der Waals surface area contributed by atoms with Crippen LogP contribution in [0.3, 0.4) is 0 Å². The molecule has 2 aliphatic heterocycles. The fourth-order valence-corrected chi connectivity index (χ4v) is 3.87. The Kier molecular flexibility index (Phi) is 5.24. The van der Waals surface area contributed by atoms with Gasteiger partial charge in [-0.2, -0.15) is 0 Å². The van der Waals surface area contributed by atoms with E-state index in [1.807, 2.05) is 32.3 Å². The number of pyridine rings is 2. The predicted octanol–water partition coefficient (Wildman–Crippen LogP) is 1.41. The number of carbonyl (C=O) groups is 1. The zero-order valence-corrected chi connectivity index (χ0v) is 18.2. The number of esters is 1. The summed E-state index contributed by atoms with van der Waals surface area (Å²) in [5.41, 5.74) is -0.192. The Morgan fingerprint density at radius 3 is 2.63 bits per heavy atom. The van der Waals surface area contributed by atoms with Crippen molar-refractivity contribution in [3.8, 4) is 0 Å². The van der Waals surface area contributed by atoms with E-state index >= 15 is 0 Å². The molecule has 0 amide bonds. The maximum Gasteiger partial charge on any atom is 0.496 e. The molecule has 2 aromatic rings. The van der Waals surface area contributed by atoms with E-state index in [4.69, 9.17) is 14.0 Å². The summed E-state index contributed by atoms with van der Waals surface area (Å²) in [4.78, 5) is 30.2. The van der Waals surface area contributed by atoms with Crippen LogP contribution in [0.5, 0.6) is 0 Å². The highest BCUT2D eigenvalue weighted by Crippen LogP contribution is 2.36. The second kappa shape index (κ2) is 7.48. The minimum absolute atomic E-state index is 0.0177. The van der Waals surface area contributed by atoms with Crippen LogP contribution >= 0.6 is 0 Å². The van der Waals surface area contributed by atoms with Crippen LogP contribution in [0.2, 0.25) is 0 Å². The smallest absolute Gasteiger partial charge is 0.462 e. The zero-order chi connectivity index (χ0) is 21.7. The lowest BCUT2D eigenvalue weighted by molar-refractivity contribution is 0.00578. The van der Waals surface area contributed by atoms with E-state index in [1.165, 1.54) is 0 Å². The largest absolute Gasteiger partial charge is 0.496 e. The van der Waals surface area contributed by atoms with Gasteiger partial charge in [0.1, 0.15) is 11.2 Å². The van der Waals surface area contributed by atoms with Gasteiger partial charge in [-0.05, 0) is 53.7 Å². The van der Waals surface area contributed by atoms with E-state index in [9.17, 15) is 9.59 Å². The van der Waals surface area contributed by atoms with Gasteiger partial charge in [0.15, 0.2) is 0 Å². The normalized spacial score (nSPS) is 22.6. The topological polar surface area (TPSA) is 91.7 Å². The van der Waals surface area contributed by atoms with Crippen molar-refractivity contribution in [1.29, 1.82) is 0 Å². The second-order valence-electron chi connectivity index (χ2n) is 8.87. The number of hydrogen-bond donors (Lipinski definition) is 1. The van der Waals surface area contributed by atoms with Crippen LogP contribution in [0, 0.1) is 0 Å². The molecule has 8 nitrogen and oxygen atoms in total. The molecule has 1 N–H and O–H groups in total. The van der Waals surface area contributed by atoms with Crippen molar-refractivity contribution in [3.05, 3.63) is 34.2 Å². The van der Waals surface area contributed by atoms with Gasteiger partial charge in [0.2, 0.25) is 5.43 Å². The van der Waals surface area contributed by atoms with Crippen LogP contribution in [0.15, 0.2) is 23.3 Å². The molecular weight excluding hydrogens is 385 g/mol. The van der Waals surface area contributed by atoms with Crippen molar-refractivity contribution >= 4 is 29.6 Å². The third-order valence-electron chi connectivity index (χ3n) is 6.34. The van der Waals surface area contributed by atoms with Crippen molar-refractivity contribution in [3.63, 3.8) is 0 Å². The van der Waals surface area contributed by atoms with Crippen LogP contribution in [-0.4, -0.2) is 53.5 Å². The van der Waals surface area contributed by atoms with E-state index in [0.29, 0.717) is 16.5 Å². The Labute approximate surface area is 176 Å². The molecule has 4 rings (SSSR count). The summed E-state index contributed by atoms with van der Waals surface area (Å²) in [5.74, 6) is -0.620. The lowest BCUT2D eigenvalue weighted by atomic mass is 9.80. The molecule has 1 unspecified atom stereocenters. The molecule has 0 aromatic carbocycles. The highest BCUT2D eigenvalue weighted by atomic mass is 16.7. The Morgan fingerprint density at radius 1 is 1.33 bits per heavy atom. The van der Waals surface area contributed by atoms with E-state index < -0.39 is 29.7 Å². The summed E-state index contributed by atoms with van der Waals surface area (Å²) < 4.78 is 19.3. The second-order valence-corrected chi connectivity index (χ2v) is 8.87. The number of ether oxygens (including phenoxy) is 1. The molecule has 0 saturated carbocycles. The van der Waals surface area contributed by atoms with E-state index in [0.717, 1.165) is 19.5 Å². The number of aromatic nitrogens is 2. The predicted molar refractivity (Wildman–Crippen MR) is 114 cm³/mol. The van der Waals surface area contributed by atoms with Crippen molar-refractivity contribution in [2.45, 2.75) is 58.3 Å². The van der Waals surface area contributed by atoms with Crippen molar-refractivity contribution in [2.75, 3.05) is 19.7 Å². The standard InChI is InChI=1S/C21H28BN3O5/c1-6-28-19(27)16-12-25(14-7-8-23-11-14)18-15(17(16)26)9-13(10-24-18)22-29-20(2,3)21(4,5)30-22/h9-10,12,14,23H,6-8,11H2,1-5H3. The average Bonchev–Trinajstić information content (AvgIpc) is 3.28. The first-order valence-corrected chi connectivity index (χ1v) is 10.4. The van der Waals surface area contributed by atoms with E-state index in [-0.39, 0.29) is 18.2 Å². The average molecular weight is 413 g/mol. The first kappa shape index (κ1) is 21.0. The summed E-state index contributed by atoms with van der Waals surface area (Å²) in [6, 6.07) is 1.84. The number of nitrogens with one attached hydrogen (secondary N) is 1. The first-order chi connectivity index (χ1) is 14.1. The number of rotatable bonds is 4. The number of hydrogen-bond acceptors (Lipinski definition) is 7. The summed E-state index contributed by atoms with van der Waals surface area (Å²) in [6.07, 6.45) is 4.16. The van der Waals surface area contributed by atoms with E-state index in [2.05, 4.69) is 10.3 Å². The lowest BCUT2D eigenvalue weighted by Gasteiger charge is -2.32. The Morgan fingerprint density at radius 2 is 2.03 bits per heavy atom. The number of carbonyl (C=O) groups excluding carboxylic acids is 1. The molecule has 2 aliphatic rings. The van der Waals surface area contributed by atoms with Gasteiger partial charge in [-0.25, -0.2) is 9.78 Å². The van der Waals surface area contributed by atoms with Gasteiger partial charge >= 0.3 is 13.1 Å². The molecule has 30 heavy (non-hydrogen) atoms. The lowest BCUT2D eigenvalue weighted by Crippen LogP contribution is -2.41. The molecule has 0 radical (unpaired) electrons. The molecule has 0 spiro atoms. The molecule has 160 valence electrons. The molecule has 2 aromatic heterocycles. The minimum Gasteiger partial charge on any atom is -0.462 e. The van der Waals surface area contributed by atoms with Crippen LogP contribution in [-0.2, 0) is 14.0 Å². The molecule has 9 heteroatoms. The maximum absolute atomic E-state index is 13.2. The molecule has 0 bridgehead atoms. The van der Waals surface area contributed by atoms with Gasteiger partial charge in [0.05, 0.1) is 23.2 Å². The molecule has 4 heterocycles. The number of nitrogens with zero attached hydrogens (tertiary/aromatic N) is 2. The monoisotopic (exact) mass is 413 g/mol.